The van der Waals surface area contributed by atoms with Gasteiger partial charge in [-0.15, -0.1) is 0 Å². The second-order valence-corrected chi connectivity index (χ2v) is 7.94. The van der Waals surface area contributed by atoms with Gasteiger partial charge in [0.05, 0.1) is 12.5 Å². The van der Waals surface area contributed by atoms with E-state index in [1.54, 1.807) is 6.07 Å². The number of halogens is 5. The van der Waals surface area contributed by atoms with Crippen molar-refractivity contribution in [2.45, 2.75) is 24.6 Å². The van der Waals surface area contributed by atoms with Crippen LogP contribution in [0.25, 0.3) is 11.1 Å². The van der Waals surface area contributed by atoms with Crippen LogP contribution in [-0.4, -0.2) is 53.1 Å². The maximum absolute atomic E-state index is 14.6. The molecule has 2 atom stereocenters. The number of amides is 2. The minimum Gasteiger partial charge on any atom is -0.480 e. The Hall–Kier alpha value is -3.50. The zero-order valence-electron chi connectivity index (χ0n) is 16.8. The third-order valence-electron chi connectivity index (χ3n) is 5.95. The van der Waals surface area contributed by atoms with E-state index in [-0.39, 0.29) is 27.8 Å². The van der Waals surface area contributed by atoms with E-state index >= 15 is 0 Å². The largest absolute Gasteiger partial charge is 0.480 e. The van der Waals surface area contributed by atoms with E-state index in [0.717, 1.165) is 12.1 Å². The molecule has 2 aromatic rings. The highest BCUT2D eigenvalue weighted by Crippen LogP contribution is 2.50. The van der Waals surface area contributed by atoms with Gasteiger partial charge in [-0.3, -0.25) is 9.59 Å². The predicted molar refractivity (Wildman–Crippen MR) is 105 cm³/mol. The van der Waals surface area contributed by atoms with E-state index < -0.39 is 61.4 Å². The minimum absolute atomic E-state index is 0.0292. The van der Waals surface area contributed by atoms with Gasteiger partial charge >= 0.3 is 12.1 Å². The number of nitrogens with one attached hydrogen (secondary N) is 1. The third-order valence-corrected chi connectivity index (χ3v) is 5.95. The summed E-state index contributed by atoms with van der Waals surface area (Å²) >= 11 is 0. The van der Waals surface area contributed by atoms with E-state index in [9.17, 15) is 41.4 Å². The molecular formula is C22H17F5N2O4. The second kappa shape index (κ2) is 7.82. The number of alkyl halides is 5. The summed E-state index contributed by atoms with van der Waals surface area (Å²) in [6, 6.07) is 7.72. The second-order valence-electron chi connectivity index (χ2n) is 7.94. The standard InChI is InChI=1S/C22H17F5N2O4/c23-21(24)15-4-2-1-3-13(15)14-7-11(5-6-16(14)21)19(31)28-9-18(30)29-10-12(22(25,26)27)8-17(29)20(32)33/h1-7,12,17H,8-10H2,(H,28,31)(H,32,33)/t12-,17-/m0/s1. The summed E-state index contributed by atoms with van der Waals surface area (Å²) in [7, 11) is 0. The molecule has 2 aromatic carbocycles. The summed E-state index contributed by atoms with van der Waals surface area (Å²) in [6.07, 6.45) is -5.42. The number of nitrogens with zero attached hydrogens (tertiary/aromatic N) is 1. The van der Waals surface area contributed by atoms with Crippen molar-refractivity contribution in [3.8, 4) is 11.1 Å². The number of aliphatic carboxylic acids is 1. The molecule has 4 rings (SSSR count). The Balaban J connectivity index is 1.48. The molecule has 11 heteroatoms. The number of benzene rings is 2. The van der Waals surface area contributed by atoms with Crippen LogP contribution < -0.4 is 5.32 Å². The average molecular weight is 468 g/mol. The van der Waals surface area contributed by atoms with Crippen LogP contribution in [0.5, 0.6) is 0 Å². The zero-order valence-corrected chi connectivity index (χ0v) is 16.8. The van der Waals surface area contributed by atoms with Crippen LogP contribution in [0.15, 0.2) is 42.5 Å². The summed E-state index contributed by atoms with van der Waals surface area (Å²) in [4.78, 5) is 36.8. The monoisotopic (exact) mass is 468 g/mol. The number of likely N-dealkylation sites (tertiary alicyclic amines) is 1. The molecule has 1 saturated heterocycles. The summed E-state index contributed by atoms with van der Waals surface area (Å²) in [5.74, 6) is -8.57. The van der Waals surface area contributed by atoms with Gasteiger partial charge in [0.25, 0.3) is 11.8 Å². The topological polar surface area (TPSA) is 86.7 Å². The lowest BCUT2D eigenvalue weighted by atomic mass is 10.0. The molecule has 2 amide bonds. The predicted octanol–water partition coefficient (Wildman–Crippen LogP) is 3.40. The molecule has 0 bridgehead atoms. The van der Waals surface area contributed by atoms with Crippen molar-refractivity contribution in [2.24, 2.45) is 5.92 Å². The lowest BCUT2D eigenvalue weighted by molar-refractivity contribution is -0.171. The molecule has 2 aliphatic rings. The summed E-state index contributed by atoms with van der Waals surface area (Å²) in [5.41, 5.74) is -0.0640. The first-order valence-corrected chi connectivity index (χ1v) is 9.90. The van der Waals surface area contributed by atoms with Gasteiger partial charge in [0.2, 0.25) is 5.91 Å². The fourth-order valence-electron chi connectivity index (χ4n) is 4.26. The number of hydrogen-bond acceptors (Lipinski definition) is 3. The molecule has 0 aromatic heterocycles. The van der Waals surface area contributed by atoms with E-state index in [1.165, 1.54) is 24.3 Å². The Morgan fingerprint density at radius 1 is 1.06 bits per heavy atom. The van der Waals surface area contributed by atoms with E-state index in [2.05, 4.69) is 5.32 Å². The molecule has 0 spiro atoms. The Morgan fingerprint density at radius 2 is 1.73 bits per heavy atom. The van der Waals surface area contributed by atoms with Gasteiger partial charge in [-0.05, 0) is 29.7 Å². The Labute approximate surface area is 184 Å². The van der Waals surface area contributed by atoms with Crippen molar-refractivity contribution >= 4 is 17.8 Å². The first kappa shape index (κ1) is 22.7. The van der Waals surface area contributed by atoms with Crippen LogP contribution >= 0.6 is 0 Å². The lowest BCUT2D eigenvalue weighted by Crippen LogP contribution is -2.45. The lowest BCUT2D eigenvalue weighted by Gasteiger charge is -2.22. The van der Waals surface area contributed by atoms with Crippen LogP contribution in [0, 0.1) is 5.92 Å². The van der Waals surface area contributed by atoms with Gasteiger partial charge < -0.3 is 15.3 Å². The quantitative estimate of drug-likeness (QED) is 0.674. The van der Waals surface area contributed by atoms with Gasteiger partial charge in [0, 0.05) is 23.2 Å². The molecule has 0 radical (unpaired) electrons. The SMILES string of the molecule is O=C(NCC(=O)N1C[C@@H](C(F)(F)F)C[C@H]1C(=O)O)c1ccc2c(c1)-c1ccccc1C2(F)F. The fourth-order valence-corrected chi connectivity index (χ4v) is 4.26. The Morgan fingerprint density at radius 3 is 2.39 bits per heavy atom. The van der Waals surface area contributed by atoms with Gasteiger partial charge in [0.1, 0.15) is 6.04 Å². The molecular weight excluding hydrogens is 451 g/mol. The highest BCUT2D eigenvalue weighted by molar-refractivity contribution is 5.99. The summed E-state index contributed by atoms with van der Waals surface area (Å²) in [6.45, 7) is -1.56. The maximum Gasteiger partial charge on any atom is 0.393 e. The summed E-state index contributed by atoms with van der Waals surface area (Å²) in [5, 5.41) is 11.4. The Bertz CT molecular complexity index is 1150. The van der Waals surface area contributed by atoms with Gasteiger partial charge in [-0.25, -0.2) is 4.79 Å². The number of carbonyl (C=O) groups excluding carboxylic acids is 2. The summed E-state index contributed by atoms with van der Waals surface area (Å²) < 4.78 is 68.2. The number of carboxylic acid groups (broad SMARTS) is 1. The van der Waals surface area contributed by atoms with E-state index in [4.69, 9.17) is 0 Å². The molecule has 0 unspecified atom stereocenters. The molecule has 0 saturated carbocycles. The number of carboxylic acids is 1. The number of hydrogen-bond donors (Lipinski definition) is 2. The van der Waals surface area contributed by atoms with Crippen LogP contribution in [0.1, 0.15) is 27.9 Å². The van der Waals surface area contributed by atoms with Crippen LogP contribution in [0.3, 0.4) is 0 Å². The normalized spacial score (nSPS) is 20.8. The minimum atomic E-state index is -4.66. The molecule has 2 N–H and O–H groups in total. The van der Waals surface area contributed by atoms with Crippen molar-refractivity contribution in [1.29, 1.82) is 0 Å². The first-order valence-electron chi connectivity index (χ1n) is 9.90. The van der Waals surface area contributed by atoms with E-state index in [1.807, 2.05) is 0 Å². The molecule has 1 aliphatic heterocycles. The van der Waals surface area contributed by atoms with Crippen molar-refractivity contribution in [3.05, 3.63) is 59.2 Å². The molecule has 1 heterocycles. The van der Waals surface area contributed by atoms with E-state index in [0.29, 0.717) is 4.90 Å². The van der Waals surface area contributed by atoms with Gasteiger partial charge in [-0.1, -0.05) is 30.3 Å². The Kier molecular flexibility index (Phi) is 5.38. The van der Waals surface area contributed by atoms with Gasteiger partial charge in [0.15, 0.2) is 0 Å². The van der Waals surface area contributed by atoms with Crippen LogP contribution in [-0.2, 0) is 15.5 Å². The van der Waals surface area contributed by atoms with Crippen molar-refractivity contribution in [1.82, 2.24) is 10.2 Å². The number of carbonyl (C=O) groups is 3. The molecule has 33 heavy (non-hydrogen) atoms. The van der Waals surface area contributed by atoms with Crippen molar-refractivity contribution in [3.63, 3.8) is 0 Å². The van der Waals surface area contributed by atoms with Crippen molar-refractivity contribution in [2.75, 3.05) is 13.1 Å². The van der Waals surface area contributed by atoms with Crippen LogP contribution in [0.4, 0.5) is 22.0 Å². The molecule has 1 fully saturated rings. The number of fused-ring (bicyclic) bond motifs is 3. The smallest absolute Gasteiger partial charge is 0.393 e. The van der Waals surface area contributed by atoms with Crippen LogP contribution in [0.2, 0.25) is 0 Å². The zero-order chi connectivity index (χ0) is 24.1. The fraction of sp³-hybridized carbons (Fsp3) is 0.318. The first-order chi connectivity index (χ1) is 15.4. The third kappa shape index (κ3) is 3.91. The maximum atomic E-state index is 14.6. The highest BCUT2D eigenvalue weighted by atomic mass is 19.4. The molecule has 174 valence electrons. The molecule has 6 nitrogen and oxygen atoms in total. The number of rotatable bonds is 4. The molecule has 1 aliphatic carbocycles. The highest BCUT2D eigenvalue weighted by Gasteiger charge is 2.51. The average Bonchev–Trinajstić information content (AvgIpc) is 3.31. The van der Waals surface area contributed by atoms with Gasteiger partial charge in [-0.2, -0.15) is 22.0 Å². The van der Waals surface area contributed by atoms with Crippen molar-refractivity contribution < 1.29 is 41.4 Å².